The fourth-order valence-electron chi connectivity index (χ4n) is 6.12. The highest BCUT2D eigenvalue weighted by Gasteiger charge is 2.51. The van der Waals surface area contributed by atoms with Crippen LogP contribution in [0.1, 0.15) is 76.6 Å². The summed E-state index contributed by atoms with van der Waals surface area (Å²) in [7, 11) is -4.35. The number of hydrogen-bond acceptors (Lipinski definition) is 6. The Morgan fingerprint density at radius 2 is 1.41 bits per heavy atom. The van der Waals surface area contributed by atoms with Gasteiger partial charge in [0.05, 0.1) is 24.8 Å². The second kappa shape index (κ2) is 12.6. The van der Waals surface area contributed by atoms with E-state index in [-0.39, 0.29) is 46.9 Å². The monoisotopic (exact) mass is 659 g/mol. The van der Waals surface area contributed by atoms with Gasteiger partial charge in [-0.2, -0.15) is 0 Å². The molecule has 248 valence electrons. The molecule has 2 aromatic carbocycles. The van der Waals surface area contributed by atoms with Gasteiger partial charge in [-0.05, 0) is 76.6 Å². The van der Waals surface area contributed by atoms with Crippen molar-refractivity contribution >= 4 is 28.5 Å². The number of aromatic nitrogens is 1. The Hall–Kier alpha value is -2.99. The van der Waals surface area contributed by atoms with Crippen molar-refractivity contribution in [1.29, 1.82) is 0 Å². The van der Waals surface area contributed by atoms with E-state index in [1.165, 1.54) is 22.3 Å². The average Bonchev–Trinajstić information content (AvgIpc) is 3.49. The van der Waals surface area contributed by atoms with Gasteiger partial charge >= 0.3 is 6.09 Å². The number of fused-ring (bicyclic) bond motifs is 3. The summed E-state index contributed by atoms with van der Waals surface area (Å²) in [4.78, 5) is 20.8. The molecule has 0 unspecified atom stereocenters. The summed E-state index contributed by atoms with van der Waals surface area (Å²) in [5, 5.41) is 0.0313. The van der Waals surface area contributed by atoms with Gasteiger partial charge in [0.15, 0.2) is 16.6 Å². The van der Waals surface area contributed by atoms with E-state index in [4.69, 9.17) is 19.3 Å². The van der Waals surface area contributed by atoms with Gasteiger partial charge in [-0.25, -0.2) is 9.78 Å². The number of benzene rings is 2. The molecule has 1 saturated heterocycles. The summed E-state index contributed by atoms with van der Waals surface area (Å²) >= 11 is 0. The van der Waals surface area contributed by atoms with Crippen LogP contribution in [0.2, 0.25) is 36.3 Å². The third kappa shape index (κ3) is 6.70. The molecule has 0 radical (unpaired) electrons. The lowest BCUT2D eigenvalue weighted by Gasteiger charge is -2.42. The molecular weight excluding hydrogens is 607 g/mol. The Labute approximate surface area is 278 Å². The molecule has 2 aliphatic rings. The second-order valence-electron chi connectivity index (χ2n) is 16.0. The van der Waals surface area contributed by atoms with Crippen LogP contribution >= 0.6 is 0 Å². The molecule has 1 aromatic heterocycles. The van der Waals surface area contributed by atoms with Crippen LogP contribution in [0, 0.1) is 0 Å². The maximum absolute atomic E-state index is 14.5. The number of pyridine rings is 1. The predicted octanol–water partition coefficient (Wildman–Crippen LogP) is 9.14. The van der Waals surface area contributed by atoms with Crippen molar-refractivity contribution in [3.05, 3.63) is 83.6 Å². The Balaban J connectivity index is 1.50. The van der Waals surface area contributed by atoms with E-state index >= 15 is 0 Å². The molecule has 9 heteroatoms. The van der Waals surface area contributed by atoms with Gasteiger partial charge in [0.2, 0.25) is 0 Å². The van der Waals surface area contributed by atoms with Crippen molar-refractivity contribution in [2.45, 2.75) is 108 Å². The van der Waals surface area contributed by atoms with E-state index in [9.17, 15) is 4.79 Å². The van der Waals surface area contributed by atoms with Gasteiger partial charge in [-0.1, -0.05) is 96.1 Å². The lowest BCUT2D eigenvalue weighted by atomic mass is 9.98. The lowest BCUT2D eigenvalue weighted by molar-refractivity contribution is 0.0478. The molecule has 1 aliphatic carbocycles. The molecule has 1 amide bonds. The molecule has 0 bridgehead atoms. The zero-order chi connectivity index (χ0) is 33.7. The van der Waals surface area contributed by atoms with E-state index in [2.05, 4.69) is 121 Å². The van der Waals surface area contributed by atoms with E-state index in [1.54, 1.807) is 12.3 Å². The first-order chi connectivity index (χ1) is 21.4. The molecule has 5 rings (SSSR count). The summed E-state index contributed by atoms with van der Waals surface area (Å²) in [5.41, 5.74) is 11.7. The van der Waals surface area contributed by atoms with E-state index < -0.39 is 16.6 Å². The van der Waals surface area contributed by atoms with Crippen molar-refractivity contribution in [3.8, 4) is 11.1 Å². The summed E-state index contributed by atoms with van der Waals surface area (Å²) in [5.74, 6) is 0.415. The van der Waals surface area contributed by atoms with Crippen LogP contribution in [0.15, 0.2) is 66.9 Å². The van der Waals surface area contributed by atoms with Crippen LogP contribution in [0.5, 0.6) is 0 Å². The number of rotatable bonds is 8. The third-order valence-corrected chi connectivity index (χ3v) is 20.0. The second-order valence-corrected chi connectivity index (χ2v) is 25.6. The highest BCUT2D eigenvalue weighted by Crippen LogP contribution is 2.47. The average molecular weight is 660 g/mol. The van der Waals surface area contributed by atoms with Crippen LogP contribution in [0.25, 0.3) is 11.1 Å². The van der Waals surface area contributed by atoms with Crippen molar-refractivity contribution < 1.29 is 18.4 Å². The Kier molecular flexibility index (Phi) is 9.38. The number of nitrogens with zero attached hydrogens (tertiary/aromatic N) is 2. The molecule has 1 aliphatic heterocycles. The summed E-state index contributed by atoms with van der Waals surface area (Å²) in [6.07, 6.45) is 1.85. The molecular formula is C37H53N3O4Si2. The highest BCUT2D eigenvalue weighted by atomic mass is 28.4. The molecule has 46 heavy (non-hydrogen) atoms. The van der Waals surface area contributed by atoms with Crippen LogP contribution < -0.4 is 5.73 Å². The minimum absolute atomic E-state index is 0.00721. The molecule has 3 atom stereocenters. The standard InChI is InChI=1S/C37H53N3O4Si2/c1-36(2,3)45(7,8)43-24-32-33(44-46(9,10)37(4,5)6)21-31(25-19-20-34(38)39-22-25)40(32)35(41)42-23-30-28-17-13-11-15-26(28)27-16-12-14-18-29(27)30/h11-20,22,30-33H,21,23-24H2,1-10H3,(H2,38,39)/t31-,32-,33+/m1/s1. The zero-order valence-corrected chi connectivity index (χ0v) is 31.4. The smallest absolute Gasteiger partial charge is 0.410 e. The zero-order valence-electron chi connectivity index (χ0n) is 29.4. The van der Waals surface area contributed by atoms with E-state index in [0.717, 1.165) is 5.56 Å². The van der Waals surface area contributed by atoms with Crippen LogP contribution in [-0.4, -0.2) is 58.0 Å². The van der Waals surface area contributed by atoms with E-state index in [1.807, 2.05) is 11.0 Å². The van der Waals surface area contributed by atoms with Gasteiger partial charge in [-0.3, -0.25) is 4.90 Å². The van der Waals surface area contributed by atoms with Crippen molar-refractivity contribution in [3.63, 3.8) is 0 Å². The normalized spacial score (nSPS) is 20.5. The van der Waals surface area contributed by atoms with Gasteiger partial charge in [0, 0.05) is 12.1 Å². The minimum Gasteiger partial charge on any atom is -0.448 e. The first-order valence-corrected chi connectivity index (χ1v) is 22.4. The minimum atomic E-state index is -2.20. The maximum atomic E-state index is 14.5. The van der Waals surface area contributed by atoms with Crippen molar-refractivity contribution in [2.75, 3.05) is 18.9 Å². The fourth-order valence-corrected chi connectivity index (χ4v) is 8.51. The summed E-state index contributed by atoms with van der Waals surface area (Å²) in [6, 6.07) is 20.0. The topological polar surface area (TPSA) is 86.9 Å². The molecule has 3 aromatic rings. The third-order valence-electron chi connectivity index (χ3n) is 11.0. The molecule has 0 spiro atoms. The number of nitrogens with two attached hydrogens (primary N) is 1. The Bertz CT molecular complexity index is 1500. The van der Waals surface area contributed by atoms with Crippen molar-refractivity contribution in [1.82, 2.24) is 9.88 Å². The number of hydrogen-bond donors (Lipinski definition) is 1. The lowest BCUT2D eigenvalue weighted by Crippen LogP contribution is -2.52. The highest BCUT2D eigenvalue weighted by molar-refractivity contribution is 6.74. The number of anilines is 1. The predicted molar refractivity (Wildman–Crippen MR) is 192 cm³/mol. The van der Waals surface area contributed by atoms with Gasteiger partial charge < -0.3 is 19.3 Å². The number of likely N-dealkylation sites (tertiary alicyclic amines) is 1. The molecule has 7 nitrogen and oxygen atoms in total. The number of ether oxygens (including phenoxy) is 1. The van der Waals surface area contributed by atoms with E-state index in [0.29, 0.717) is 18.8 Å². The summed E-state index contributed by atoms with van der Waals surface area (Å²) in [6.45, 7) is 23.2. The molecule has 2 N–H and O–H groups in total. The van der Waals surface area contributed by atoms with Gasteiger partial charge in [0.1, 0.15) is 12.4 Å². The number of nitrogen functional groups attached to an aromatic ring is 1. The van der Waals surface area contributed by atoms with Gasteiger partial charge in [0.25, 0.3) is 0 Å². The number of carbonyl (C=O) groups is 1. The Morgan fingerprint density at radius 3 is 1.93 bits per heavy atom. The SMILES string of the molecule is CC(C)(C)[Si](C)(C)OC[C@@H]1[C@@H](O[Si](C)(C)C(C)(C)C)C[C@H](c2ccc(N)nc2)N1C(=O)OCC1c2ccccc2-c2ccccc21. The number of amides is 1. The van der Waals surface area contributed by atoms with Crippen LogP contribution in [0.3, 0.4) is 0 Å². The molecule has 0 saturated carbocycles. The van der Waals surface area contributed by atoms with Gasteiger partial charge in [-0.15, -0.1) is 0 Å². The quantitative estimate of drug-likeness (QED) is 0.243. The maximum Gasteiger partial charge on any atom is 0.410 e. The molecule has 1 fully saturated rings. The van der Waals surface area contributed by atoms with Crippen LogP contribution in [0.4, 0.5) is 10.6 Å². The first kappa shape index (κ1) is 34.4. The summed E-state index contributed by atoms with van der Waals surface area (Å²) < 4.78 is 20.3. The Morgan fingerprint density at radius 1 is 0.848 bits per heavy atom. The first-order valence-electron chi connectivity index (χ1n) is 16.6. The van der Waals surface area contributed by atoms with Crippen LogP contribution in [-0.2, 0) is 13.6 Å². The number of carbonyl (C=O) groups excluding carboxylic acids is 1. The van der Waals surface area contributed by atoms with Crippen molar-refractivity contribution in [2.24, 2.45) is 0 Å². The largest absolute Gasteiger partial charge is 0.448 e. The fraction of sp³-hybridized carbons (Fsp3) is 0.514. The molecule has 2 heterocycles.